The van der Waals surface area contributed by atoms with E-state index < -0.39 is 0 Å². The molecule has 0 aromatic carbocycles. The predicted molar refractivity (Wildman–Crippen MR) is 90.0 cm³/mol. The molecule has 0 radical (unpaired) electrons. The van der Waals surface area contributed by atoms with Gasteiger partial charge in [-0.05, 0) is 51.6 Å². The Balaban J connectivity index is 1.53. The average Bonchev–Trinajstić information content (AvgIpc) is 3.40. The van der Waals surface area contributed by atoms with E-state index in [9.17, 15) is 9.59 Å². The quantitative estimate of drug-likeness (QED) is 0.774. The van der Waals surface area contributed by atoms with Crippen molar-refractivity contribution < 1.29 is 9.59 Å². The molecule has 0 N–H and O–H groups in total. The number of hydrogen-bond acceptors (Lipinski definition) is 3. The third kappa shape index (κ3) is 4.46. The standard InChI is InChI=1S/C18H31N3O2/c1-15(22)21(13-12-19-9-3-2-4-10-19)17-6-5-11-20(14-17)18(23)16-7-8-16/h16-17H,2-14H2,1H3. The number of nitrogens with zero attached hydrogens (tertiary/aromatic N) is 3. The second-order valence-electron chi connectivity index (χ2n) is 7.47. The van der Waals surface area contributed by atoms with E-state index in [0.29, 0.717) is 5.91 Å². The lowest BCUT2D eigenvalue weighted by Crippen LogP contribution is -2.53. The average molecular weight is 321 g/mol. The Morgan fingerprint density at radius 3 is 2.39 bits per heavy atom. The second kappa shape index (κ2) is 7.65. The number of piperidine rings is 2. The lowest BCUT2D eigenvalue weighted by molar-refractivity contribution is -0.139. The molecule has 0 aromatic heterocycles. The van der Waals surface area contributed by atoms with E-state index in [1.54, 1.807) is 6.92 Å². The summed E-state index contributed by atoms with van der Waals surface area (Å²) in [4.78, 5) is 31.0. The van der Waals surface area contributed by atoms with Gasteiger partial charge < -0.3 is 14.7 Å². The summed E-state index contributed by atoms with van der Waals surface area (Å²) in [6.07, 6.45) is 8.09. The molecule has 1 aliphatic carbocycles. The summed E-state index contributed by atoms with van der Waals surface area (Å²) in [6, 6.07) is 0.216. The van der Waals surface area contributed by atoms with Crippen LogP contribution >= 0.6 is 0 Å². The van der Waals surface area contributed by atoms with E-state index in [1.807, 2.05) is 9.80 Å². The predicted octanol–water partition coefficient (Wildman–Crippen LogP) is 1.72. The summed E-state index contributed by atoms with van der Waals surface area (Å²) in [5.74, 6) is 0.773. The van der Waals surface area contributed by atoms with Gasteiger partial charge in [0, 0.05) is 45.1 Å². The molecule has 2 heterocycles. The van der Waals surface area contributed by atoms with Crippen LogP contribution in [0.3, 0.4) is 0 Å². The van der Waals surface area contributed by atoms with Crippen LogP contribution in [0.2, 0.25) is 0 Å². The molecule has 0 aromatic rings. The highest BCUT2D eigenvalue weighted by Gasteiger charge is 2.36. The van der Waals surface area contributed by atoms with E-state index in [0.717, 1.165) is 51.9 Å². The molecule has 3 fully saturated rings. The van der Waals surface area contributed by atoms with Crippen LogP contribution in [-0.2, 0) is 9.59 Å². The first kappa shape index (κ1) is 16.7. The summed E-state index contributed by atoms with van der Waals surface area (Å²) >= 11 is 0. The van der Waals surface area contributed by atoms with Gasteiger partial charge in [-0.15, -0.1) is 0 Å². The highest BCUT2D eigenvalue weighted by Crippen LogP contribution is 2.32. The fourth-order valence-corrected chi connectivity index (χ4v) is 4.03. The lowest BCUT2D eigenvalue weighted by Gasteiger charge is -2.40. The van der Waals surface area contributed by atoms with Crippen LogP contribution < -0.4 is 0 Å². The Morgan fingerprint density at radius 2 is 1.74 bits per heavy atom. The van der Waals surface area contributed by atoms with Crippen LogP contribution in [0.1, 0.15) is 51.9 Å². The van der Waals surface area contributed by atoms with Crippen LogP contribution in [0, 0.1) is 5.92 Å². The van der Waals surface area contributed by atoms with Crippen molar-refractivity contribution in [2.45, 2.75) is 57.9 Å². The van der Waals surface area contributed by atoms with Gasteiger partial charge >= 0.3 is 0 Å². The molecule has 0 spiro atoms. The largest absolute Gasteiger partial charge is 0.340 e. The van der Waals surface area contributed by atoms with Gasteiger partial charge in [0.05, 0.1) is 0 Å². The third-order valence-electron chi connectivity index (χ3n) is 5.59. The van der Waals surface area contributed by atoms with Gasteiger partial charge in [0.1, 0.15) is 0 Å². The van der Waals surface area contributed by atoms with Gasteiger partial charge in [-0.25, -0.2) is 0 Å². The first-order chi connectivity index (χ1) is 11.1. The Kier molecular flexibility index (Phi) is 5.57. The maximum atomic E-state index is 12.3. The molecule has 3 aliphatic rings. The van der Waals surface area contributed by atoms with Gasteiger partial charge in [-0.2, -0.15) is 0 Å². The molecular formula is C18H31N3O2. The first-order valence-corrected chi connectivity index (χ1v) is 9.43. The summed E-state index contributed by atoms with van der Waals surface area (Å²) in [5.41, 5.74) is 0. The van der Waals surface area contributed by atoms with Gasteiger partial charge in [-0.1, -0.05) is 6.42 Å². The Morgan fingerprint density at radius 1 is 1.00 bits per heavy atom. The second-order valence-corrected chi connectivity index (χ2v) is 7.47. The minimum atomic E-state index is 0.160. The fourth-order valence-electron chi connectivity index (χ4n) is 4.03. The van der Waals surface area contributed by atoms with E-state index >= 15 is 0 Å². The normalized spacial score (nSPS) is 26.1. The fraction of sp³-hybridized carbons (Fsp3) is 0.889. The zero-order valence-corrected chi connectivity index (χ0v) is 14.5. The van der Waals surface area contributed by atoms with Gasteiger partial charge in [0.2, 0.25) is 11.8 Å². The lowest BCUT2D eigenvalue weighted by atomic mass is 10.0. The number of amides is 2. The Bertz CT molecular complexity index is 430. The van der Waals surface area contributed by atoms with E-state index in [4.69, 9.17) is 0 Å². The third-order valence-corrected chi connectivity index (χ3v) is 5.59. The molecule has 5 nitrogen and oxygen atoms in total. The van der Waals surface area contributed by atoms with E-state index in [2.05, 4.69) is 4.90 Å². The summed E-state index contributed by atoms with van der Waals surface area (Å²) in [5, 5.41) is 0. The number of likely N-dealkylation sites (tertiary alicyclic amines) is 2. The Hall–Kier alpha value is -1.10. The molecule has 130 valence electrons. The maximum Gasteiger partial charge on any atom is 0.225 e. The van der Waals surface area contributed by atoms with Crippen LogP contribution in [0.4, 0.5) is 0 Å². The van der Waals surface area contributed by atoms with Crippen molar-refractivity contribution in [3.05, 3.63) is 0 Å². The van der Waals surface area contributed by atoms with Crippen molar-refractivity contribution in [3.63, 3.8) is 0 Å². The first-order valence-electron chi connectivity index (χ1n) is 9.43. The minimum absolute atomic E-state index is 0.160. The molecule has 2 amide bonds. The van der Waals surface area contributed by atoms with Gasteiger partial charge in [0.25, 0.3) is 0 Å². The molecule has 1 unspecified atom stereocenters. The molecular weight excluding hydrogens is 290 g/mol. The van der Waals surface area contributed by atoms with Gasteiger partial charge in [0.15, 0.2) is 0 Å². The van der Waals surface area contributed by atoms with Crippen molar-refractivity contribution in [1.82, 2.24) is 14.7 Å². The van der Waals surface area contributed by atoms with Crippen molar-refractivity contribution in [3.8, 4) is 0 Å². The highest BCUT2D eigenvalue weighted by molar-refractivity contribution is 5.81. The van der Waals surface area contributed by atoms with Crippen molar-refractivity contribution in [1.29, 1.82) is 0 Å². The summed E-state index contributed by atoms with van der Waals surface area (Å²) < 4.78 is 0. The van der Waals surface area contributed by atoms with E-state index in [-0.39, 0.29) is 17.9 Å². The molecule has 3 rings (SSSR count). The number of rotatable bonds is 5. The van der Waals surface area contributed by atoms with Crippen LogP contribution in [-0.4, -0.2) is 71.8 Å². The molecule has 1 atom stereocenters. The van der Waals surface area contributed by atoms with Crippen LogP contribution in [0.25, 0.3) is 0 Å². The number of hydrogen-bond donors (Lipinski definition) is 0. The zero-order valence-electron chi connectivity index (χ0n) is 14.5. The molecule has 2 aliphatic heterocycles. The Labute approximate surface area is 140 Å². The molecule has 0 bridgehead atoms. The molecule has 23 heavy (non-hydrogen) atoms. The van der Waals surface area contributed by atoms with E-state index in [1.165, 1.54) is 32.4 Å². The monoisotopic (exact) mass is 321 g/mol. The number of carbonyl (C=O) groups excluding carboxylic acids is 2. The summed E-state index contributed by atoms with van der Waals surface area (Å²) in [7, 11) is 0. The zero-order chi connectivity index (χ0) is 16.2. The topological polar surface area (TPSA) is 43.9 Å². The smallest absolute Gasteiger partial charge is 0.225 e. The van der Waals surface area contributed by atoms with Crippen molar-refractivity contribution in [2.24, 2.45) is 5.92 Å². The highest BCUT2D eigenvalue weighted by atomic mass is 16.2. The SMILES string of the molecule is CC(=O)N(CCN1CCCCC1)C1CCCN(C(=O)C2CC2)C1. The molecule has 1 saturated carbocycles. The van der Waals surface area contributed by atoms with Crippen LogP contribution in [0.15, 0.2) is 0 Å². The molecule has 5 heteroatoms. The molecule has 2 saturated heterocycles. The van der Waals surface area contributed by atoms with Crippen molar-refractivity contribution in [2.75, 3.05) is 39.3 Å². The minimum Gasteiger partial charge on any atom is -0.340 e. The maximum absolute atomic E-state index is 12.3. The van der Waals surface area contributed by atoms with Crippen LogP contribution in [0.5, 0.6) is 0 Å². The van der Waals surface area contributed by atoms with Gasteiger partial charge in [-0.3, -0.25) is 9.59 Å². The van der Waals surface area contributed by atoms with Crippen molar-refractivity contribution >= 4 is 11.8 Å². The summed E-state index contributed by atoms with van der Waals surface area (Å²) in [6.45, 7) is 7.43. The number of carbonyl (C=O) groups is 2.